The summed E-state index contributed by atoms with van der Waals surface area (Å²) in [5, 5.41) is 13.2. The highest BCUT2D eigenvalue weighted by Crippen LogP contribution is 2.34. The first-order valence-corrected chi connectivity index (χ1v) is 12.8. The molecule has 0 saturated heterocycles. The number of carbonyl (C=O) groups is 1. The SMILES string of the molecule is COc1cccc(NCc2nnc(SCC(=O)c3ccc(OC)c(OC)c3)n2C2CCCCC2)c1. The van der Waals surface area contributed by atoms with Gasteiger partial charge in [-0.3, -0.25) is 4.79 Å². The average Bonchev–Trinajstić information content (AvgIpc) is 3.33. The largest absolute Gasteiger partial charge is 0.497 e. The van der Waals surface area contributed by atoms with Crippen molar-refractivity contribution in [2.75, 3.05) is 32.4 Å². The van der Waals surface area contributed by atoms with Gasteiger partial charge in [0.05, 0.1) is 33.6 Å². The molecule has 1 heterocycles. The van der Waals surface area contributed by atoms with Crippen LogP contribution in [0, 0.1) is 0 Å². The normalized spacial score (nSPS) is 13.9. The van der Waals surface area contributed by atoms with Gasteiger partial charge in [-0.05, 0) is 43.2 Å². The average molecular weight is 497 g/mol. The van der Waals surface area contributed by atoms with Gasteiger partial charge in [0.2, 0.25) is 0 Å². The third-order valence-electron chi connectivity index (χ3n) is 6.23. The third kappa shape index (κ3) is 6.08. The number of thioether (sulfide) groups is 1. The Labute approximate surface area is 210 Å². The molecule has 1 N–H and O–H groups in total. The van der Waals surface area contributed by atoms with Gasteiger partial charge in [0.15, 0.2) is 28.3 Å². The smallest absolute Gasteiger partial charge is 0.191 e. The predicted molar refractivity (Wildman–Crippen MR) is 137 cm³/mol. The number of ketones is 1. The summed E-state index contributed by atoms with van der Waals surface area (Å²) in [6, 6.07) is 13.4. The highest BCUT2D eigenvalue weighted by molar-refractivity contribution is 7.99. The molecule has 186 valence electrons. The van der Waals surface area contributed by atoms with E-state index in [9.17, 15) is 4.79 Å². The Kier molecular flexibility index (Phi) is 8.52. The minimum absolute atomic E-state index is 0.00482. The third-order valence-corrected chi connectivity index (χ3v) is 7.18. The minimum Gasteiger partial charge on any atom is -0.497 e. The van der Waals surface area contributed by atoms with E-state index in [0.29, 0.717) is 29.6 Å². The summed E-state index contributed by atoms with van der Waals surface area (Å²) in [5.74, 6) is 3.09. The first-order valence-electron chi connectivity index (χ1n) is 11.8. The van der Waals surface area contributed by atoms with Crippen LogP contribution in [0.5, 0.6) is 17.2 Å². The van der Waals surface area contributed by atoms with E-state index in [1.807, 2.05) is 24.3 Å². The summed E-state index contributed by atoms with van der Waals surface area (Å²) in [5.41, 5.74) is 1.54. The maximum Gasteiger partial charge on any atom is 0.191 e. The van der Waals surface area contributed by atoms with Gasteiger partial charge in [0.25, 0.3) is 0 Å². The Morgan fingerprint density at radius 1 is 1.00 bits per heavy atom. The molecule has 0 unspecified atom stereocenters. The van der Waals surface area contributed by atoms with E-state index < -0.39 is 0 Å². The van der Waals surface area contributed by atoms with Crippen LogP contribution < -0.4 is 19.5 Å². The summed E-state index contributed by atoms with van der Waals surface area (Å²) in [4.78, 5) is 13.0. The van der Waals surface area contributed by atoms with Crippen molar-refractivity contribution >= 4 is 23.2 Å². The van der Waals surface area contributed by atoms with Gasteiger partial charge in [-0.2, -0.15) is 0 Å². The lowest BCUT2D eigenvalue weighted by atomic mass is 9.95. The van der Waals surface area contributed by atoms with Crippen LogP contribution in [-0.2, 0) is 6.54 Å². The van der Waals surface area contributed by atoms with E-state index in [0.717, 1.165) is 35.3 Å². The number of hydrogen-bond donors (Lipinski definition) is 1. The van der Waals surface area contributed by atoms with Crippen LogP contribution in [-0.4, -0.2) is 47.6 Å². The quantitative estimate of drug-likeness (QED) is 0.279. The fraction of sp³-hybridized carbons (Fsp3) is 0.423. The van der Waals surface area contributed by atoms with Crippen molar-refractivity contribution in [3.05, 3.63) is 53.9 Å². The first-order chi connectivity index (χ1) is 17.1. The van der Waals surface area contributed by atoms with Crippen molar-refractivity contribution in [1.29, 1.82) is 0 Å². The molecule has 2 aromatic carbocycles. The zero-order chi connectivity index (χ0) is 24.6. The number of Topliss-reactive ketones (excluding diaryl/α,β-unsaturated/α-hetero) is 1. The second-order valence-electron chi connectivity index (χ2n) is 8.43. The molecule has 0 aliphatic heterocycles. The number of rotatable bonds is 11. The highest BCUT2D eigenvalue weighted by Gasteiger charge is 2.24. The number of carbonyl (C=O) groups excluding carboxylic acids is 1. The van der Waals surface area contributed by atoms with Crippen molar-refractivity contribution < 1.29 is 19.0 Å². The van der Waals surface area contributed by atoms with E-state index in [2.05, 4.69) is 20.1 Å². The number of benzene rings is 2. The maximum atomic E-state index is 13.0. The number of ether oxygens (including phenoxy) is 3. The van der Waals surface area contributed by atoms with Crippen molar-refractivity contribution in [3.8, 4) is 17.2 Å². The fourth-order valence-corrected chi connectivity index (χ4v) is 5.29. The molecule has 1 aliphatic carbocycles. The zero-order valence-electron chi connectivity index (χ0n) is 20.5. The van der Waals surface area contributed by atoms with Gasteiger partial charge in [0.1, 0.15) is 5.75 Å². The number of nitrogens with zero attached hydrogens (tertiary/aromatic N) is 3. The van der Waals surface area contributed by atoms with Gasteiger partial charge in [-0.15, -0.1) is 10.2 Å². The van der Waals surface area contributed by atoms with E-state index in [1.165, 1.54) is 31.0 Å². The maximum absolute atomic E-state index is 13.0. The molecule has 3 aromatic rings. The lowest BCUT2D eigenvalue weighted by Crippen LogP contribution is -2.18. The Morgan fingerprint density at radius 2 is 1.80 bits per heavy atom. The van der Waals surface area contributed by atoms with E-state index in [4.69, 9.17) is 14.2 Å². The van der Waals surface area contributed by atoms with Gasteiger partial charge in [0, 0.05) is 23.4 Å². The van der Waals surface area contributed by atoms with Crippen LogP contribution in [0.15, 0.2) is 47.6 Å². The molecule has 1 saturated carbocycles. The topological polar surface area (TPSA) is 87.5 Å². The molecule has 9 heteroatoms. The minimum atomic E-state index is 0.00482. The fourth-order valence-electron chi connectivity index (χ4n) is 4.37. The molecule has 35 heavy (non-hydrogen) atoms. The lowest BCUT2D eigenvalue weighted by Gasteiger charge is -2.25. The van der Waals surface area contributed by atoms with Gasteiger partial charge in [-0.1, -0.05) is 37.1 Å². The van der Waals surface area contributed by atoms with Crippen LogP contribution in [0.2, 0.25) is 0 Å². The lowest BCUT2D eigenvalue weighted by molar-refractivity contribution is 0.102. The van der Waals surface area contributed by atoms with Crippen LogP contribution in [0.3, 0.4) is 0 Å². The Balaban J connectivity index is 1.49. The summed E-state index contributed by atoms with van der Waals surface area (Å²) in [6.07, 6.45) is 5.85. The molecule has 1 aliphatic rings. The molecule has 8 nitrogen and oxygen atoms in total. The molecule has 0 bridgehead atoms. The Morgan fingerprint density at radius 3 is 2.54 bits per heavy atom. The van der Waals surface area contributed by atoms with Gasteiger partial charge >= 0.3 is 0 Å². The van der Waals surface area contributed by atoms with Gasteiger partial charge in [-0.25, -0.2) is 0 Å². The summed E-state index contributed by atoms with van der Waals surface area (Å²) < 4.78 is 18.2. The Bertz CT molecular complexity index is 1140. The van der Waals surface area contributed by atoms with Crippen LogP contribution in [0.1, 0.15) is 54.3 Å². The number of hydrogen-bond acceptors (Lipinski definition) is 8. The predicted octanol–water partition coefficient (Wildman–Crippen LogP) is 5.40. The summed E-state index contributed by atoms with van der Waals surface area (Å²) in [7, 11) is 4.80. The first kappa shape index (κ1) is 24.9. The second kappa shape index (κ2) is 12.0. The van der Waals surface area contributed by atoms with Crippen LogP contribution >= 0.6 is 11.8 Å². The van der Waals surface area contributed by atoms with Crippen LogP contribution in [0.4, 0.5) is 5.69 Å². The number of nitrogens with one attached hydrogen (secondary N) is 1. The monoisotopic (exact) mass is 496 g/mol. The number of anilines is 1. The zero-order valence-corrected chi connectivity index (χ0v) is 21.3. The van der Waals surface area contributed by atoms with Crippen molar-refractivity contribution in [3.63, 3.8) is 0 Å². The second-order valence-corrected chi connectivity index (χ2v) is 9.37. The molecule has 1 aromatic heterocycles. The molecular formula is C26H32N4O4S. The molecule has 4 rings (SSSR count). The van der Waals surface area contributed by atoms with E-state index in [-0.39, 0.29) is 11.5 Å². The summed E-state index contributed by atoms with van der Waals surface area (Å²) in [6.45, 7) is 0.543. The van der Waals surface area contributed by atoms with Crippen molar-refractivity contribution in [1.82, 2.24) is 14.8 Å². The molecule has 0 atom stereocenters. The number of methoxy groups -OCH3 is 3. The Hall–Kier alpha value is -3.20. The number of aromatic nitrogens is 3. The molecule has 0 amide bonds. The molecule has 1 fully saturated rings. The van der Waals surface area contributed by atoms with Crippen molar-refractivity contribution in [2.45, 2.75) is 49.8 Å². The van der Waals surface area contributed by atoms with Crippen LogP contribution in [0.25, 0.3) is 0 Å². The molecular weight excluding hydrogens is 464 g/mol. The molecule has 0 radical (unpaired) electrons. The van der Waals surface area contributed by atoms with E-state index in [1.54, 1.807) is 39.5 Å². The molecule has 0 spiro atoms. The van der Waals surface area contributed by atoms with E-state index >= 15 is 0 Å². The van der Waals surface area contributed by atoms with Gasteiger partial charge < -0.3 is 24.1 Å². The summed E-state index contributed by atoms with van der Waals surface area (Å²) >= 11 is 1.44. The van der Waals surface area contributed by atoms with Crippen molar-refractivity contribution in [2.24, 2.45) is 0 Å². The standard InChI is InChI=1S/C26H32N4O4S/c1-32-21-11-7-8-19(15-21)27-16-25-28-29-26(30(25)20-9-5-4-6-10-20)35-17-22(31)18-12-13-23(33-2)24(14-18)34-3/h7-8,11-15,20,27H,4-6,9-10,16-17H2,1-3H3. The highest BCUT2D eigenvalue weighted by atomic mass is 32.2.